The zero-order chi connectivity index (χ0) is 30.4. The van der Waals surface area contributed by atoms with E-state index < -0.39 is 11.8 Å². The first-order valence-corrected chi connectivity index (χ1v) is 14.8. The summed E-state index contributed by atoms with van der Waals surface area (Å²) in [5, 5.41) is 8.49. The number of carbonyl (C=O) groups excluding carboxylic acids is 3. The third kappa shape index (κ3) is 9.51. The lowest BCUT2D eigenvalue weighted by Gasteiger charge is -2.13. The van der Waals surface area contributed by atoms with Crippen LogP contribution in [-0.4, -0.2) is 36.7 Å². The second kappa shape index (κ2) is 15.8. The van der Waals surface area contributed by atoms with Crippen molar-refractivity contribution < 1.29 is 23.9 Å². The maximum Gasteiger partial charge on any atom is 0.272 e. The molecule has 0 aliphatic rings. The number of para-hydroxylation sites is 2. The van der Waals surface area contributed by atoms with Crippen molar-refractivity contribution in [3.05, 3.63) is 120 Å². The molecule has 3 amide bonds. The third-order valence-electron chi connectivity index (χ3n) is 5.95. The fraction of sp³-hybridized carbons (Fsp3) is 0.147. The number of ether oxygens (including phenoxy) is 2. The van der Waals surface area contributed by atoms with Crippen molar-refractivity contribution in [3.63, 3.8) is 0 Å². The van der Waals surface area contributed by atoms with E-state index in [2.05, 4.69) is 16.0 Å². The maximum atomic E-state index is 13.4. The molecule has 0 heterocycles. The molecule has 4 aromatic carbocycles. The van der Waals surface area contributed by atoms with E-state index in [1.807, 2.05) is 50.2 Å². The second-order valence-corrected chi connectivity index (χ2v) is 10.2. The highest BCUT2D eigenvalue weighted by atomic mass is 32.2. The van der Waals surface area contributed by atoms with Crippen molar-refractivity contribution in [2.45, 2.75) is 18.7 Å². The summed E-state index contributed by atoms with van der Waals surface area (Å²) >= 11 is 1.33. The highest BCUT2D eigenvalue weighted by Crippen LogP contribution is 2.26. The Kier molecular flexibility index (Phi) is 11.4. The van der Waals surface area contributed by atoms with Crippen LogP contribution in [0.25, 0.3) is 6.08 Å². The van der Waals surface area contributed by atoms with Crippen LogP contribution in [-0.2, 0) is 9.59 Å². The second-order valence-electron chi connectivity index (χ2n) is 9.13. The van der Waals surface area contributed by atoms with Gasteiger partial charge < -0.3 is 25.4 Å². The molecule has 220 valence electrons. The quantitative estimate of drug-likeness (QED) is 0.118. The molecule has 0 fully saturated rings. The van der Waals surface area contributed by atoms with Crippen LogP contribution < -0.4 is 25.4 Å². The number of carbonyl (C=O) groups is 3. The highest BCUT2D eigenvalue weighted by molar-refractivity contribution is 8.00. The minimum atomic E-state index is -0.495. The third-order valence-corrected chi connectivity index (χ3v) is 6.95. The van der Waals surface area contributed by atoms with Gasteiger partial charge >= 0.3 is 0 Å². The number of nitrogens with one attached hydrogen (secondary N) is 3. The van der Waals surface area contributed by atoms with Gasteiger partial charge in [-0.2, -0.15) is 0 Å². The van der Waals surface area contributed by atoms with E-state index >= 15 is 0 Å². The van der Waals surface area contributed by atoms with Crippen molar-refractivity contribution in [3.8, 4) is 11.5 Å². The first-order valence-electron chi connectivity index (χ1n) is 13.8. The van der Waals surface area contributed by atoms with Gasteiger partial charge in [0, 0.05) is 16.1 Å². The Balaban J connectivity index is 1.45. The Morgan fingerprint density at radius 3 is 2.23 bits per heavy atom. The summed E-state index contributed by atoms with van der Waals surface area (Å²) in [6.07, 6.45) is 1.61. The Bertz CT molecular complexity index is 1570. The molecule has 43 heavy (non-hydrogen) atoms. The van der Waals surface area contributed by atoms with Gasteiger partial charge in [0.1, 0.15) is 17.2 Å². The van der Waals surface area contributed by atoms with Crippen LogP contribution in [0, 0.1) is 0 Å². The number of hydrogen-bond acceptors (Lipinski definition) is 6. The summed E-state index contributed by atoms with van der Waals surface area (Å²) in [4.78, 5) is 39.8. The summed E-state index contributed by atoms with van der Waals surface area (Å²) in [6, 6.07) is 30.3. The van der Waals surface area contributed by atoms with E-state index in [1.54, 1.807) is 72.8 Å². The molecule has 0 aliphatic heterocycles. The minimum Gasteiger partial charge on any atom is -0.494 e. The maximum absolute atomic E-state index is 13.4. The molecule has 0 atom stereocenters. The Morgan fingerprint density at radius 1 is 0.767 bits per heavy atom. The first kappa shape index (κ1) is 30.9. The van der Waals surface area contributed by atoms with E-state index in [1.165, 1.54) is 11.8 Å². The molecule has 0 aliphatic carbocycles. The molecule has 0 radical (unpaired) electrons. The zero-order valence-electron chi connectivity index (χ0n) is 24.0. The van der Waals surface area contributed by atoms with Crippen LogP contribution in [0.1, 0.15) is 29.8 Å². The fourth-order valence-electron chi connectivity index (χ4n) is 3.98. The van der Waals surface area contributed by atoms with Gasteiger partial charge in [0.25, 0.3) is 11.8 Å². The average Bonchev–Trinajstić information content (AvgIpc) is 3.02. The van der Waals surface area contributed by atoms with Crippen LogP contribution in [0.5, 0.6) is 11.5 Å². The summed E-state index contributed by atoms with van der Waals surface area (Å²) in [5.74, 6) is 0.394. The van der Waals surface area contributed by atoms with Crippen LogP contribution >= 0.6 is 11.8 Å². The molecule has 3 N–H and O–H groups in total. The van der Waals surface area contributed by atoms with Gasteiger partial charge in [0.2, 0.25) is 5.91 Å². The summed E-state index contributed by atoms with van der Waals surface area (Å²) in [5.41, 5.74) is 2.34. The summed E-state index contributed by atoms with van der Waals surface area (Å²) in [7, 11) is 0. The average molecular weight is 596 g/mol. The predicted molar refractivity (Wildman–Crippen MR) is 172 cm³/mol. The van der Waals surface area contributed by atoms with Gasteiger partial charge in [0.15, 0.2) is 0 Å². The molecule has 9 heteroatoms. The standard InChI is InChI=1S/C34H33N3O5S/c1-3-41-27-19-17-24(18-20-27)21-30(37-33(39)25-11-6-5-7-12-25)34(40)35-26-13-10-14-28(22-26)43-23-32(38)36-29-15-8-9-16-31(29)42-4-2/h5-22H,3-4,23H2,1-2H3,(H,35,40)(H,36,38)(H,37,39)/b30-21+. The van der Waals surface area contributed by atoms with E-state index in [4.69, 9.17) is 9.47 Å². The van der Waals surface area contributed by atoms with Gasteiger partial charge in [-0.3, -0.25) is 14.4 Å². The molecule has 4 rings (SSSR count). The normalized spacial score (nSPS) is 10.9. The van der Waals surface area contributed by atoms with Gasteiger partial charge in [-0.15, -0.1) is 11.8 Å². The Labute approximate surface area is 255 Å². The molecular weight excluding hydrogens is 562 g/mol. The number of anilines is 2. The monoisotopic (exact) mass is 595 g/mol. The molecular formula is C34H33N3O5S. The van der Waals surface area contributed by atoms with Gasteiger partial charge in [-0.1, -0.05) is 48.5 Å². The van der Waals surface area contributed by atoms with Crippen molar-refractivity contribution in [2.24, 2.45) is 0 Å². The number of benzene rings is 4. The topological polar surface area (TPSA) is 106 Å². The van der Waals surface area contributed by atoms with Gasteiger partial charge in [0.05, 0.1) is 24.7 Å². The molecule has 8 nitrogen and oxygen atoms in total. The largest absolute Gasteiger partial charge is 0.494 e. The van der Waals surface area contributed by atoms with Crippen LogP contribution in [0.2, 0.25) is 0 Å². The zero-order valence-corrected chi connectivity index (χ0v) is 24.8. The van der Waals surface area contributed by atoms with E-state index in [-0.39, 0.29) is 17.4 Å². The van der Waals surface area contributed by atoms with Gasteiger partial charge in [-0.05, 0) is 80.1 Å². The predicted octanol–water partition coefficient (Wildman–Crippen LogP) is 6.62. The van der Waals surface area contributed by atoms with Crippen LogP contribution in [0.15, 0.2) is 114 Å². The number of hydrogen-bond donors (Lipinski definition) is 3. The lowest BCUT2D eigenvalue weighted by Crippen LogP contribution is -2.30. The van der Waals surface area contributed by atoms with Crippen molar-refractivity contribution in [2.75, 3.05) is 29.6 Å². The van der Waals surface area contributed by atoms with E-state index in [0.717, 1.165) is 4.90 Å². The molecule has 0 aromatic heterocycles. The SMILES string of the molecule is CCOc1ccc(/C=C(/NC(=O)c2ccccc2)C(=O)Nc2cccc(SCC(=O)Nc3ccccc3OCC)c2)cc1. The van der Waals surface area contributed by atoms with E-state index in [9.17, 15) is 14.4 Å². The van der Waals surface area contributed by atoms with E-state index in [0.29, 0.717) is 47.2 Å². The minimum absolute atomic E-state index is 0.0726. The molecule has 0 spiro atoms. The van der Waals surface area contributed by atoms with Gasteiger partial charge in [-0.25, -0.2) is 0 Å². The van der Waals surface area contributed by atoms with Crippen LogP contribution in [0.4, 0.5) is 11.4 Å². The molecule has 0 saturated heterocycles. The highest BCUT2D eigenvalue weighted by Gasteiger charge is 2.16. The summed E-state index contributed by atoms with van der Waals surface area (Å²) in [6.45, 7) is 4.82. The van der Waals surface area contributed by atoms with Crippen molar-refractivity contribution in [1.29, 1.82) is 0 Å². The number of amides is 3. The molecule has 0 unspecified atom stereocenters. The molecule has 0 bridgehead atoms. The lowest BCUT2D eigenvalue weighted by atomic mass is 10.1. The fourth-order valence-corrected chi connectivity index (χ4v) is 4.74. The first-order chi connectivity index (χ1) is 20.9. The smallest absolute Gasteiger partial charge is 0.272 e. The van der Waals surface area contributed by atoms with Crippen LogP contribution in [0.3, 0.4) is 0 Å². The number of thioether (sulfide) groups is 1. The lowest BCUT2D eigenvalue weighted by molar-refractivity contribution is -0.114. The Morgan fingerprint density at radius 2 is 1.49 bits per heavy atom. The van der Waals surface area contributed by atoms with Crippen molar-refractivity contribution in [1.82, 2.24) is 5.32 Å². The molecule has 4 aromatic rings. The summed E-state index contributed by atoms with van der Waals surface area (Å²) < 4.78 is 11.1. The number of rotatable bonds is 13. The van der Waals surface area contributed by atoms with Crippen molar-refractivity contribution >= 4 is 46.9 Å². The Hall–Kier alpha value is -5.02. The molecule has 0 saturated carbocycles.